The van der Waals surface area contributed by atoms with Gasteiger partial charge in [0.15, 0.2) is 0 Å². The van der Waals surface area contributed by atoms with Gasteiger partial charge in [-0.1, -0.05) is 12.1 Å². The highest BCUT2D eigenvalue weighted by molar-refractivity contribution is 7.99. The van der Waals surface area contributed by atoms with Crippen molar-refractivity contribution in [1.82, 2.24) is 4.90 Å². The van der Waals surface area contributed by atoms with Crippen molar-refractivity contribution < 1.29 is 0 Å². The Balaban J connectivity index is 1.96. The van der Waals surface area contributed by atoms with Crippen LogP contribution in [0.1, 0.15) is 24.5 Å². The summed E-state index contributed by atoms with van der Waals surface area (Å²) < 4.78 is 0. The second kappa shape index (κ2) is 6.26. The normalized spacial score (nSPS) is 16.1. The van der Waals surface area contributed by atoms with Crippen molar-refractivity contribution in [3.8, 4) is 6.07 Å². The molecule has 2 nitrogen and oxygen atoms in total. The van der Waals surface area contributed by atoms with Gasteiger partial charge in [-0.15, -0.1) is 11.8 Å². The zero-order valence-corrected chi connectivity index (χ0v) is 12.0. The number of nitriles is 1. The average Bonchev–Trinajstić information content (AvgIpc) is 2.43. The van der Waals surface area contributed by atoms with E-state index in [4.69, 9.17) is 5.26 Å². The van der Waals surface area contributed by atoms with E-state index >= 15 is 0 Å². The number of likely N-dealkylation sites (N-methyl/N-ethyl adjacent to an activating group) is 1. The zero-order chi connectivity index (χ0) is 13.0. The predicted octanol–water partition coefficient (Wildman–Crippen LogP) is 3.11. The minimum Gasteiger partial charge on any atom is -0.291 e. The Hall–Kier alpha value is -0.980. The largest absolute Gasteiger partial charge is 0.291 e. The monoisotopic (exact) mass is 260 g/mol. The van der Waals surface area contributed by atoms with E-state index in [9.17, 15) is 0 Å². The summed E-state index contributed by atoms with van der Waals surface area (Å²) in [6, 6.07) is 9.13. The van der Waals surface area contributed by atoms with Gasteiger partial charge in [0.05, 0.1) is 12.1 Å². The number of benzene rings is 1. The van der Waals surface area contributed by atoms with Gasteiger partial charge in [-0.25, -0.2) is 0 Å². The van der Waals surface area contributed by atoms with Crippen LogP contribution in [0.3, 0.4) is 0 Å². The molecule has 2 rings (SSSR count). The molecule has 0 N–H and O–H groups in total. The van der Waals surface area contributed by atoms with Gasteiger partial charge in [0.1, 0.15) is 0 Å². The van der Waals surface area contributed by atoms with Crippen molar-refractivity contribution in [1.29, 1.82) is 5.26 Å². The van der Waals surface area contributed by atoms with E-state index in [-0.39, 0.29) is 6.04 Å². The lowest BCUT2D eigenvalue weighted by Gasteiger charge is -2.20. The van der Waals surface area contributed by atoms with E-state index in [0.29, 0.717) is 0 Å². The molecule has 1 aromatic carbocycles. The number of rotatable bonds is 4. The fourth-order valence-electron chi connectivity index (χ4n) is 2.17. The molecule has 0 amide bonds. The molecule has 0 bridgehead atoms. The molecule has 0 spiro atoms. The number of nitrogens with zero attached hydrogens (tertiary/aromatic N) is 2. The Bertz CT molecular complexity index is 450. The van der Waals surface area contributed by atoms with Gasteiger partial charge in [-0.2, -0.15) is 5.26 Å². The molecule has 0 radical (unpaired) electrons. The van der Waals surface area contributed by atoms with Crippen LogP contribution in [-0.2, 0) is 12.8 Å². The Labute approximate surface area is 114 Å². The minimum absolute atomic E-state index is 0.00168. The first-order valence-corrected chi connectivity index (χ1v) is 7.53. The molecule has 1 unspecified atom stereocenters. The van der Waals surface area contributed by atoms with Crippen LogP contribution >= 0.6 is 11.8 Å². The summed E-state index contributed by atoms with van der Waals surface area (Å²) in [4.78, 5) is 3.57. The summed E-state index contributed by atoms with van der Waals surface area (Å²) in [5, 5.41) is 8.87. The lowest BCUT2D eigenvalue weighted by atomic mass is 10.0. The summed E-state index contributed by atoms with van der Waals surface area (Å²) in [5.74, 6) is 1.26. The van der Waals surface area contributed by atoms with Crippen LogP contribution in [-0.4, -0.2) is 30.3 Å². The lowest BCUT2D eigenvalue weighted by Crippen LogP contribution is -2.29. The fourth-order valence-corrected chi connectivity index (χ4v) is 3.19. The molecule has 18 heavy (non-hydrogen) atoms. The SMILES string of the molecule is CC(C#N)N(C)CCc1ccc2c(c1)CCCS2. The van der Waals surface area contributed by atoms with Crippen molar-refractivity contribution in [2.45, 2.75) is 37.1 Å². The Morgan fingerprint density at radius 1 is 1.50 bits per heavy atom. The van der Waals surface area contributed by atoms with E-state index in [2.05, 4.69) is 29.2 Å². The topological polar surface area (TPSA) is 27.0 Å². The van der Waals surface area contributed by atoms with Crippen molar-refractivity contribution in [2.24, 2.45) is 0 Å². The van der Waals surface area contributed by atoms with E-state index in [1.54, 1.807) is 0 Å². The quantitative estimate of drug-likeness (QED) is 0.832. The summed E-state index contributed by atoms with van der Waals surface area (Å²) >= 11 is 1.98. The van der Waals surface area contributed by atoms with Crippen molar-refractivity contribution in [2.75, 3.05) is 19.3 Å². The van der Waals surface area contributed by atoms with Crippen LogP contribution in [0.25, 0.3) is 0 Å². The third kappa shape index (κ3) is 3.28. The zero-order valence-electron chi connectivity index (χ0n) is 11.1. The van der Waals surface area contributed by atoms with Crippen LogP contribution in [0, 0.1) is 11.3 Å². The summed E-state index contributed by atoms with van der Waals surface area (Å²) in [7, 11) is 2.02. The molecule has 1 heterocycles. The highest BCUT2D eigenvalue weighted by Crippen LogP contribution is 2.30. The highest BCUT2D eigenvalue weighted by Gasteiger charge is 2.11. The van der Waals surface area contributed by atoms with Gasteiger partial charge in [-0.3, -0.25) is 4.90 Å². The molecule has 0 aromatic heterocycles. The molecule has 1 atom stereocenters. The molecule has 0 aliphatic carbocycles. The maximum absolute atomic E-state index is 8.87. The Kier molecular flexibility index (Phi) is 4.68. The van der Waals surface area contributed by atoms with Crippen LogP contribution in [0.2, 0.25) is 0 Å². The average molecular weight is 260 g/mol. The smallest absolute Gasteiger partial charge is 0.0946 e. The van der Waals surface area contributed by atoms with Gasteiger partial charge in [0, 0.05) is 11.4 Å². The van der Waals surface area contributed by atoms with Crippen molar-refractivity contribution >= 4 is 11.8 Å². The first kappa shape index (κ1) is 13.5. The maximum atomic E-state index is 8.87. The number of hydrogen-bond acceptors (Lipinski definition) is 3. The summed E-state index contributed by atoms with van der Waals surface area (Å²) in [6.07, 6.45) is 3.55. The third-order valence-corrected chi connectivity index (χ3v) is 4.78. The standard InChI is InChI=1S/C15H20N2S/c1-12(11-16)17(2)8-7-13-5-6-15-14(10-13)4-3-9-18-15/h5-6,10,12H,3-4,7-9H2,1-2H3. The van der Waals surface area contributed by atoms with Crippen LogP contribution < -0.4 is 0 Å². The molecule has 0 saturated heterocycles. The molecule has 96 valence electrons. The predicted molar refractivity (Wildman–Crippen MR) is 76.9 cm³/mol. The van der Waals surface area contributed by atoms with Crippen LogP contribution in [0.4, 0.5) is 0 Å². The molecule has 1 aromatic rings. The highest BCUT2D eigenvalue weighted by atomic mass is 32.2. The lowest BCUT2D eigenvalue weighted by molar-refractivity contribution is 0.306. The molecule has 1 aliphatic rings. The van der Waals surface area contributed by atoms with Gasteiger partial charge in [0.2, 0.25) is 0 Å². The second-order valence-corrected chi connectivity index (χ2v) is 6.07. The Morgan fingerprint density at radius 2 is 2.33 bits per heavy atom. The molecule has 0 fully saturated rings. The molecule has 0 saturated carbocycles. The Morgan fingerprint density at radius 3 is 3.11 bits per heavy atom. The van der Waals surface area contributed by atoms with E-state index < -0.39 is 0 Å². The minimum atomic E-state index is -0.00168. The number of fused-ring (bicyclic) bond motifs is 1. The number of aryl methyl sites for hydroxylation is 1. The molecule has 3 heteroatoms. The molecule has 1 aliphatic heterocycles. The van der Waals surface area contributed by atoms with Gasteiger partial charge < -0.3 is 0 Å². The third-order valence-electron chi connectivity index (χ3n) is 3.57. The number of thioether (sulfide) groups is 1. The number of hydrogen-bond donors (Lipinski definition) is 0. The fraction of sp³-hybridized carbons (Fsp3) is 0.533. The summed E-state index contributed by atoms with van der Waals surface area (Å²) in [6.45, 7) is 2.89. The van der Waals surface area contributed by atoms with E-state index in [1.165, 1.54) is 34.6 Å². The molecular formula is C15H20N2S. The maximum Gasteiger partial charge on any atom is 0.0946 e. The van der Waals surface area contributed by atoms with Gasteiger partial charge in [-0.05, 0) is 56.2 Å². The van der Waals surface area contributed by atoms with E-state index in [0.717, 1.165) is 13.0 Å². The van der Waals surface area contributed by atoms with Gasteiger partial charge in [0.25, 0.3) is 0 Å². The molecular weight excluding hydrogens is 240 g/mol. The summed E-state index contributed by atoms with van der Waals surface area (Å²) in [5.41, 5.74) is 2.91. The first-order chi connectivity index (χ1) is 8.70. The van der Waals surface area contributed by atoms with Crippen molar-refractivity contribution in [3.63, 3.8) is 0 Å². The van der Waals surface area contributed by atoms with Crippen LogP contribution in [0.5, 0.6) is 0 Å². The van der Waals surface area contributed by atoms with E-state index in [1.807, 2.05) is 25.7 Å². The first-order valence-electron chi connectivity index (χ1n) is 6.55. The second-order valence-electron chi connectivity index (χ2n) is 4.93. The van der Waals surface area contributed by atoms with Gasteiger partial charge >= 0.3 is 0 Å². The van der Waals surface area contributed by atoms with Crippen LogP contribution in [0.15, 0.2) is 23.1 Å². The van der Waals surface area contributed by atoms with Crippen molar-refractivity contribution in [3.05, 3.63) is 29.3 Å².